The summed E-state index contributed by atoms with van der Waals surface area (Å²) in [5, 5.41) is 6.23. The molecule has 0 fully saturated rings. The molecule has 0 atom stereocenters. The predicted octanol–water partition coefficient (Wildman–Crippen LogP) is 4.61. The van der Waals surface area contributed by atoms with Gasteiger partial charge in [-0.2, -0.15) is 18.2 Å². The number of benzene rings is 2. The Hall–Kier alpha value is -2.81. The van der Waals surface area contributed by atoms with E-state index in [1.165, 1.54) is 12.1 Å². The Labute approximate surface area is 150 Å². The Morgan fingerprint density at radius 3 is 2.46 bits per heavy atom. The van der Waals surface area contributed by atoms with Crippen molar-refractivity contribution in [3.05, 3.63) is 77.2 Å². The number of rotatable bonds is 4. The van der Waals surface area contributed by atoms with Crippen LogP contribution in [0.25, 0.3) is 0 Å². The Kier molecular flexibility index (Phi) is 4.99. The smallest absolute Gasteiger partial charge is 0.346 e. The number of alkyl halides is 3. The number of nitrogens with zero attached hydrogens (tertiary/aromatic N) is 2. The van der Waals surface area contributed by atoms with Crippen LogP contribution in [0.1, 0.15) is 22.8 Å². The van der Waals surface area contributed by atoms with Gasteiger partial charge in [-0.1, -0.05) is 47.7 Å². The molecule has 0 aliphatic heterocycles. The van der Waals surface area contributed by atoms with Gasteiger partial charge in [0.1, 0.15) is 10.8 Å². The van der Waals surface area contributed by atoms with Crippen LogP contribution in [0, 0.1) is 5.82 Å². The number of hydrogen-bond acceptors (Lipinski definition) is 4. The average Bonchev–Trinajstić information content (AvgIpc) is 3.04. The van der Waals surface area contributed by atoms with Crippen LogP contribution in [0.5, 0.6) is 0 Å². The summed E-state index contributed by atoms with van der Waals surface area (Å²) in [4.78, 5) is 3.71. The third kappa shape index (κ3) is 4.42. The highest BCUT2D eigenvalue weighted by Crippen LogP contribution is 2.27. The van der Waals surface area contributed by atoms with Crippen molar-refractivity contribution >= 4 is 22.9 Å². The van der Waals surface area contributed by atoms with Gasteiger partial charge in [-0.05, 0) is 23.8 Å². The van der Waals surface area contributed by atoms with Crippen molar-refractivity contribution in [2.45, 2.75) is 12.6 Å². The Morgan fingerprint density at radius 1 is 1.12 bits per heavy atom. The maximum absolute atomic E-state index is 13.2. The summed E-state index contributed by atoms with van der Waals surface area (Å²) in [6.45, 7) is 0. The van der Waals surface area contributed by atoms with E-state index in [9.17, 15) is 17.6 Å². The standard InChI is InChI=1S/C17H11F4N3OS/c18-12-2-1-3-13(9-12)22-15(26)11-6-4-10(5-7-11)8-14-23-16(25-24-14)17(19,20)21/h1-7,9H,8H2,(H,22,26). The van der Waals surface area contributed by atoms with Gasteiger partial charge >= 0.3 is 12.1 Å². The first-order chi connectivity index (χ1) is 12.3. The van der Waals surface area contributed by atoms with Crippen LogP contribution < -0.4 is 5.32 Å². The third-order valence-corrected chi connectivity index (χ3v) is 3.71. The molecule has 0 radical (unpaired) electrons. The van der Waals surface area contributed by atoms with Crippen molar-refractivity contribution in [3.8, 4) is 0 Å². The van der Waals surface area contributed by atoms with E-state index in [1.54, 1.807) is 36.4 Å². The van der Waals surface area contributed by atoms with Crippen LogP contribution in [-0.4, -0.2) is 15.1 Å². The summed E-state index contributed by atoms with van der Waals surface area (Å²) in [6.07, 6.45) is -4.58. The molecule has 4 nitrogen and oxygen atoms in total. The molecule has 0 saturated heterocycles. The second-order valence-corrected chi connectivity index (χ2v) is 5.76. The van der Waals surface area contributed by atoms with Gasteiger partial charge in [0.15, 0.2) is 5.82 Å². The lowest BCUT2D eigenvalue weighted by Gasteiger charge is -2.08. The van der Waals surface area contributed by atoms with Crippen molar-refractivity contribution in [1.82, 2.24) is 10.1 Å². The number of nitrogens with one attached hydrogen (secondary N) is 1. The van der Waals surface area contributed by atoms with E-state index in [1.807, 2.05) is 0 Å². The first-order valence-corrected chi connectivity index (χ1v) is 7.78. The van der Waals surface area contributed by atoms with Crippen molar-refractivity contribution in [2.75, 3.05) is 5.32 Å². The number of anilines is 1. The van der Waals surface area contributed by atoms with Gasteiger partial charge in [0.25, 0.3) is 0 Å². The molecular formula is C17H11F4N3OS. The Balaban J connectivity index is 1.66. The van der Waals surface area contributed by atoms with Crippen LogP contribution in [0.3, 0.4) is 0 Å². The highest BCUT2D eigenvalue weighted by molar-refractivity contribution is 7.81. The maximum atomic E-state index is 13.2. The van der Waals surface area contributed by atoms with Gasteiger partial charge in [-0.3, -0.25) is 0 Å². The highest BCUT2D eigenvalue weighted by atomic mass is 32.1. The molecule has 0 amide bonds. The zero-order valence-electron chi connectivity index (χ0n) is 13.0. The van der Waals surface area contributed by atoms with Crippen molar-refractivity contribution in [3.63, 3.8) is 0 Å². The molecule has 0 unspecified atom stereocenters. The second kappa shape index (κ2) is 7.20. The van der Waals surface area contributed by atoms with Gasteiger partial charge in [0.05, 0.1) is 0 Å². The van der Waals surface area contributed by atoms with Crippen LogP contribution in [0.4, 0.5) is 23.2 Å². The lowest BCUT2D eigenvalue weighted by Crippen LogP contribution is -2.10. The van der Waals surface area contributed by atoms with E-state index in [-0.39, 0.29) is 18.1 Å². The minimum atomic E-state index is -4.66. The first-order valence-electron chi connectivity index (χ1n) is 7.37. The normalized spacial score (nSPS) is 11.4. The first kappa shape index (κ1) is 18.0. The summed E-state index contributed by atoms with van der Waals surface area (Å²) in [7, 11) is 0. The number of halogens is 4. The van der Waals surface area contributed by atoms with Gasteiger partial charge in [-0.25, -0.2) is 4.39 Å². The number of hydrogen-bond donors (Lipinski definition) is 1. The molecule has 0 aliphatic rings. The predicted molar refractivity (Wildman–Crippen MR) is 90.3 cm³/mol. The summed E-state index contributed by atoms with van der Waals surface area (Å²) < 4.78 is 54.7. The molecule has 1 heterocycles. The van der Waals surface area contributed by atoms with Crippen molar-refractivity contribution < 1.29 is 22.1 Å². The lowest BCUT2D eigenvalue weighted by atomic mass is 10.1. The third-order valence-electron chi connectivity index (χ3n) is 3.37. The van der Waals surface area contributed by atoms with Crippen LogP contribution in [-0.2, 0) is 12.6 Å². The minimum absolute atomic E-state index is 0.0643. The quantitative estimate of drug-likeness (QED) is 0.529. The zero-order chi connectivity index (χ0) is 18.7. The highest BCUT2D eigenvalue weighted by Gasteiger charge is 2.38. The fourth-order valence-corrected chi connectivity index (χ4v) is 2.42. The molecule has 1 N–H and O–H groups in total. The molecule has 0 spiro atoms. The summed E-state index contributed by atoms with van der Waals surface area (Å²) in [5.41, 5.74) is 1.89. The van der Waals surface area contributed by atoms with Gasteiger partial charge in [-0.15, -0.1) is 0 Å². The van der Waals surface area contributed by atoms with Crippen LogP contribution in [0.2, 0.25) is 0 Å². The van der Waals surface area contributed by atoms with E-state index in [0.717, 1.165) is 0 Å². The van der Waals surface area contributed by atoms with Gasteiger partial charge in [0.2, 0.25) is 0 Å². The van der Waals surface area contributed by atoms with Crippen LogP contribution in [0.15, 0.2) is 53.1 Å². The monoisotopic (exact) mass is 381 g/mol. The fourth-order valence-electron chi connectivity index (χ4n) is 2.17. The lowest BCUT2D eigenvalue weighted by molar-refractivity contribution is -0.159. The summed E-state index contributed by atoms with van der Waals surface area (Å²) in [5.74, 6) is -1.82. The molecule has 0 aliphatic carbocycles. The van der Waals surface area contributed by atoms with Crippen LogP contribution >= 0.6 is 12.2 Å². The van der Waals surface area contributed by atoms with Gasteiger partial charge < -0.3 is 9.84 Å². The maximum Gasteiger partial charge on any atom is 0.471 e. The Bertz CT molecular complexity index is 922. The Morgan fingerprint density at radius 2 is 1.85 bits per heavy atom. The molecule has 0 bridgehead atoms. The molecule has 3 rings (SSSR count). The molecule has 134 valence electrons. The largest absolute Gasteiger partial charge is 0.471 e. The minimum Gasteiger partial charge on any atom is -0.346 e. The molecule has 0 saturated carbocycles. The number of aromatic nitrogens is 2. The van der Waals surface area contributed by atoms with Crippen molar-refractivity contribution in [1.29, 1.82) is 0 Å². The van der Waals surface area contributed by atoms with Crippen molar-refractivity contribution in [2.24, 2.45) is 0 Å². The van der Waals surface area contributed by atoms with E-state index < -0.39 is 12.1 Å². The molecule has 1 aromatic heterocycles. The molecule has 26 heavy (non-hydrogen) atoms. The zero-order valence-corrected chi connectivity index (χ0v) is 13.9. The average molecular weight is 381 g/mol. The molecular weight excluding hydrogens is 370 g/mol. The van der Waals surface area contributed by atoms with E-state index in [2.05, 4.69) is 20.0 Å². The van der Waals surface area contributed by atoms with E-state index in [4.69, 9.17) is 12.2 Å². The van der Waals surface area contributed by atoms with E-state index >= 15 is 0 Å². The molecule has 3 aromatic rings. The second-order valence-electron chi connectivity index (χ2n) is 5.35. The summed E-state index contributed by atoms with van der Waals surface area (Å²) in [6, 6.07) is 12.7. The fraction of sp³-hybridized carbons (Fsp3) is 0.118. The number of thiocarbonyl (C=S) groups is 1. The topological polar surface area (TPSA) is 51.0 Å². The SMILES string of the molecule is Fc1cccc(NC(=S)c2ccc(Cc3noc(C(F)(F)F)n3)cc2)c1. The molecule has 2 aromatic carbocycles. The van der Waals surface area contributed by atoms with Gasteiger partial charge in [0, 0.05) is 17.7 Å². The molecule has 9 heteroatoms. The van der Waals surface area contributed by atoms with E-state index in [0.29, 0.717) is 21.8 Å². The summed E-state index contributed by atoms with van der Waals surface area (Å²) >= 11 is 5.26.